The number of nitrogens with zero attached hydrogens (tertiary/aromatic N) is 3. The number of hydrogen-bond donors (Lipinski definition) is 2. The van der Waals surface area contributed by atoms with Crippen molar-refractivity contribution < 1.29 is 4.79 Å². The molecule has 7 heteroatoms. The number of benzene rings is 2. The van der Waals surface area contributed by atoms with E-state index in [4.69, 9.17) is 12.2 Å². The van der Waals surface area contributed by atoms with Crippen molar-refractivity contribution in [3.8, 4) is 5.69 Å². The van der Waals surface area contributed by atoms with Crippen LogP contribution in [0.1, 0.15) is 48.4 Å². The average Bonchev–Trinajstić information content (AvgIpc) is 3.50. The zero-order chi connectivity index (χ0) is 26.1. The van der Waals surface area contributed by atoms with E-state index in [-0.39, 0.29) is 23.9 Å². The third-order valence-corrected chi connectivity index (χ3v) is 7.05. The van der Waals surface area contributed by atoms with Crippen LogP contribution in [0.2, 0.25) is 0 Å². The van der Waals surface area contributed by atoms with Crippen LogP contribution < -0.4 is 15.5 Å². The van der Waals surface area contributed by atoms with Gasteiger partial charge in [0, 0.05) is 41.1 Å². The van der Waals surface area contributed by atoms with Crippen molar-refractivity contribution in [1.82, 2.24) is 14.9 Å². The quantitative estimate of drug-likeness (QED) is 0.300. The van der Waals surface area contributed by atoms with E-state index in [1.54, 1.807) is 0 Å². The van der Waals surface area contributed by atoms with Gasteiger partial charge in [-0.2, -0.15) is 0 Å². The Kier molecular flexibility index (Phi) is 6.80. The second-order valence-electron chi connectivity index (χ2n) is 9.78. The Morgan fingerprint density at radius 3 is 2.54 bits per heavy atom. The summed E-state index contributed by atoms with van der Waals surface area (Å²) in [4.78, 5) is 19.1. The lowest BCUT2D eigenvalue weighted by Crippen LogP contribution is -2.30. The summed E-state index contributed by atoms with van der Waals surface area (Å²) in [5.74, 6) is -0.0920. The van der Waals surface area contributed by atoms with Crippen molar-refractivity contribution in [1.29, 1.82) is 0 Å². The highest BCUT2D eigenvalue weighted by Crippen LogP contribution is 2.43. The highest BCUT2D eigenvalue weighted by Gasteiger charge is 2.42. The number of carbonyl (C=O) groups excluding carboxylic acids is 1. The number of anilines is 2. The third-order valence-electron chi connectivity index (χ3n) is 6.73. The standard InChI is InChI=1S/C30H31N5OS/c1-19(2)29(36)32-24-14-13-23(18-21(24)4)35-28(27(33-30(35)37)25-11-5-6-15-31-25)26-12-8-16-34(26)22-10-7-9-20(3)17-22/h5-19,27-28H,1-4H3,(H,32,36)(H,33,37). The molecule has 0 radical (unpaired) electrons. The Morgan fingerprint density at radius 2 is 1.84 bits per heavy atom. The average molecular weight is 510 g/mol. The van der Waals surface area contributed by atoms with Gasteiger partial charge in [-0.1, -0.05) is 32.0 Å². The summed E-state index contributed by atoms with van der Waals surface area (Å²) in [6.45, 7) is 7.88. The number of aromatic nitrogens is 2. The molecule has 2 aromatic heterocycles. The van der Waals surface area contributed by atoms with Gasteiger partial charge in [0.05, 0.1) is 11.7 Å². The van der Waals surface area contributed by atoms with Crippen molar-refractivity contribution in [3.63, 3.8) is 0 Å². The first-order valence-electron chi connectivity index (χ1n) is 12.5. The first kappa shape index (κ1) is 24.7. The third kappa shape index (κ3) is 4.87. The van der Waals surface area contributed by atoms with Gasteiger partial charge in [-0.25, -0.2) is 0 Å². The predicted molar refractivity (Wildman–Crippen MR) is 153 cm³/mol. The topological polar surface area (TPSA) is 62.2 Å². The largest absolute Gasteiger partial charge is 0.351 e. The van der Waals surface area contributed by atoms with E-state index in [1.807, 2.05) is 57.3 Å². The fourth-order valence-corrected chi connectivity index (χ4v) is 5.14. The summed E-state index contributed by atoms with van der Waals surface area (Å²) >= 11 is 5.92. The van der Waals surface area contributed by atoms with Crippen molar-refractivity contribution >= 4 is 34.6 Å². The van der Waals surface area contributed by atoms with Crippen molar-refractivity contribution in [2.75, 3.05) is 10.2 Å². The van der Waals surface area contributed by atoms with Crippen molar-refractivity contribution in [2.24, 2.45) is 5.92 Å². The van der Waals surface area contributed by atoms with Gasteiger partial charge in [0.1, 0.15) is 6.04 Å². The molecule has 0 spiro atoms. The first-order valence-corrected chi connectivity index (χ1v) is 12.9. The minimum Gasteiger partial charge on any atom is -0.351 e. The van der Waals surface area contributed by atoms with Gasteiger partial charge in [0.15, 0.2) is 5.11 Å². The Balaban J connectivity index is 1.60. The summed E-state index contributed by atoms with van der Waals surface area (Å²) in [6, 6.07) is 24.4. The van der Waals surface area contributed by atoms with Gasteiger partial charge in [0.25, 0.3) is 0 Å². The van der Waals surface area contributed by atoms with Gasteiger partial charge in [-0.15, -0.1) is 0 Å². The van der Waals surface area contributed by atoms with Crippen LogP contribution in [0.15, 0.2) is 85.2 Å². The van der Waals surface area contributed by atoms with E-state index < -0.39 is 0 Å². The summed E-state index contributed by atoms with van der Waals surface area (Å²) in [5.41, 5.74) is 7.06. The van der Waals surface area contributed by atoms with Crippen LogP contribution in [0.4, 0.5) is 11.4 Å². The number of nitrogens with one attached hydrogen (secondary N) is 2. The molecule has 2 unspecified atom stereocenters. The molecule has 2 N–H and O–H groups in total. The molecule has 0 saturated carbocycles. The molecule has 188 valence electrons. The number of aryl methyl sites for hydroxylation is 2. The lowest BCUT2D eigenvalue weighted by Gasteiger charge is -2.29. The summed E-state index contributed by atoms with van der Waals surface area (Å²) in [5, 5.41) is 7.20. The van der Waals surface area contributed by atoms with Crippen LogP contribution >= 0.6 is 12.2 Å². The minimum atomic E-state index is -0.146. The fourth-order valence-electron chi connectivity index (χ4n) is 4.80. The van der Waals surface area contributed by atoms with Crippen LogP contribution in [0.3, 0.4) is 0 Å². The van der Waals surface area contributed by atoms with Gasteiger partial charge in [-0.05, 0) is 91.8 Å². The zero-order valence-electron chi connectivity index (χ0n) is 21.5. The molecule has 2 atom stereocenters. The molecule has 0 bridgehead atoms. The van der Waals surface area contributed by atoms with E-state index in [9.17, 15) is 4.79 Å². The lowest BCUT2D eigenvalue weighted by molar-refractivity contribution is -0.118. The second kappa shape index (κ2) is 10.2. The van der Waals surface area contributed by atoms with Crippen molar-refractivity contribution in [3.05, 3.63) is 108 Å². The molecule has 37 heavy (non-hydrogen) atoms. The smallest absolute Gasteiger partial charge is 0.226 e. The molecular weight excluding hydrogens is 478 g/mol. The SMILES string of the molecule is Cc1cccc(-n2cccc2C2C(c3ccccn3)NC(=S)N2c2ccc(NC(=O)C(C)C)c(C)c2)c1. The molecule has 1 saturated heterocycles. The predicted octanol–water partition coefficient (Wildman–Crippen LogP) is 6.26. The highest BCUT2D eigenvalue weighted by molar-refractivity contribution is 7.80. The molecule has 4 aromatic rings. The van der Waals surface area contributed by atoms with Crippen LogP contribution in [0.25, 0.3) is 5.69 Å². The molecule has 1 aliphatic heterocycles. The summed E-state index contributed by atoms with van der Waals surface area (Å²) in [7, 11) is 0. The molecule has 6 nitrogen and oxygen atoms in total. The molecule has 1 aliphatic rings. The van der Waals surface area contributed by atoms with Gasteiger partial charge in [0.2, 0.25) is 5.91 Å². The van der Waals surface area contributed by atoms with E-state index in [0.29, 0.717) is 5.11 Å². The maximum Gasteiger partial charge on any atom is 0.226 e. The Labute approximate surface area is 223 Å². The van der Waals surface area contributed by atoms with E-state index in [0.717, 1.165) is 34.0 Å². The number of hydrogen-bond acceptors (Lipinski definition) is 3. The van der Waals surface area contributed by atoms with Crippen LogP contribution in [0, 0.1) is 19.8 Å². The lowest BCUT2D eigenvalue weighted by atomic mass is 10.00. The monoisotopic (exact) mass is 509 g/mol. The van der Waals surface area contributed by atoms with Gasteiger partial charge >= 0.3 is 0 Å². The number of pyridine rings is 1. The van der Waals surface area contributed by atoms with Crippen LogP contribution in [0.5, 0.6) is 0 Å². The molecule has 3 heterocycles. The normalized spacial score (nSPS) is 17.2. The zero-order valence-corrected chi connectivity index (χ0v) is 22.3. The van der Waals surface area contributed by atoms with Crippen LogP contribution in [-0.2, 0) is 4.79 Å². The highest BCUT2D eigenvalue weighted by atomic mass is 32.1. The van der Waals surface area contributed by atoms with E-state index >= 15 is 0 Å². The molecule has 2 aromatic carbocycles. The molecular formula is C30H31N5OS. The van der Waals surface area contributed by atoms with E-state index in [2.05, 4.69) is 80.7 Å². The maximum absolute atomic E-state index is 12.3. The molecule has 0 aliphatic carbocycles. The first-order chi connectivity index (χ1) is 17.8. The number of thiocarbonyl (C=S) groups is 1. The van der Waals surface area contributed by atoms with Crippen LogP contribution in [-0.4, -0.2) is 20.6 Å². The summed E-state index contributed by atoms with van der Waals surface area (Å²) in [6.07, 6.45) is 3.91. The number of amides is 1. The van der Waals surface area contributed by atoms with Crippen molar-refractivity contribution in [2.45, 2.75) is 39.8 Å². The Bertz CT molecular complexity index is 1450. The number of rotatable bonds is 6. The molecule has 5 rings (SSSR count). The number of carbonyl (C=O) groups is 1. The second-order valence-corrected chi connectivity index (χ2v) is 10.2. The molecule has 1 amide bonds. The van der Waals surface area contributed by atoms with Gasteiger partial charge in [-0.3, -0.25) is 9.78 Å². The maximum atomic E-state index is 12.3. The van der Waals surface area contributed by atoms with E-state index in [1.165, 1.54) is 5.56 Å². The fraction of sp³-hybridized carbons (Fsp3) is 0.233. The Morgan fingerprint density at radius 1 is 1.00 bits per heavy atom. The minimum absolute atomic E-state index is 0.00159. The molecule has 1 fully saturated rings. The Hall–Kier alpha value is -3.97. The van der Waals surface area contributed by atoms with Gasteiger partial charge < -0.3 is 20.1 Å². The summed E-state index contributed by atoms with van der Waals surface area (Å²) < 4.78 is 2.22.